The van der Waals surface area contributed by atoms with E-state index >= 15 is 0 Å². The smallest absolute Gasteiger partial charge is 0.377 e. The summed E-state index contributed by atoms with van der Waals surface area (Å²) in [6, 6.07) is 3.71. The van der Waals surface area contributed by atoms with Crippen LogP contribution in [0.25, 0.3) is 20.2 Å². The first-order chi connectivity index (χ1) is 19.0. The first-order valence-electron chi connectivity index (χ1n) is 11.8. The number of carboxylic acids is 2. The van der Waals surface area contributed by atoms with Crippen molar-refractivity contribution < 1.29 is 53.8 Å². The van der Waals surface area contributed by atoms with Crippen LogP contribution in [0.15, 0.2) is 23.6 Å². The van der Waals surface area contributed by atoms with Gasteiger partial charge in [0.05, 0.1) is 35.4 Å². The van der Waals surface area contributed by atoms with Crippen molar-refractivity contribution in [2.24, 2.45) is 0 Å². The summed E-state index contributed by atoms with van der Waals surface area (Å²) in [5, 5.41) is 44.4. The number of carboxylic acid groups (broad SMARTS) is 2. The number of aromatic nitrogens is 2. The molecule has 1 aliphatic heterocycles. The van der Waals surface area contributed by atoms with Crippen molar-refractivity contribution in [3.8, 4) is 15.8 Å². The topological polar surface area (TPSA) is 207 Å². The molecule has 5 N–H and O–H groups in total. The van der Waals surface area contributed by atoms with Crippen LogP contribution in [0.5, 0.6) is 5.75 Å². The van der Waals surface area contributed by atoms with Gasteiger partial charge < -0.3 is 44.7 Å². The van der Waals surface area contributed by atoms with Gasteiger partial charge in [-0.2, -0.15) is 0 Å². The van der Waals surface area contributed by atoms with Crippen LogP contribution in [0.3, 0.4) is 0 Å². The fraction of sp³-hybridized carbons (Fsp3) is 0.458. The van der Waals surface area contributed by atoms with Gasteiger partial charge in [0, 0.05) is 26.5 Å². The first kappa shape index (κ1) is 29.7. The van der Waals surface area contributed by atoms with Crippen molar-refractivity contribution in [1.82, 2.24) is 15.3 Å². The van der Waals surface area contributed by atoms with Gasteiger partial charge in [0.15, 0.2) is 15.7 Å². The predicted octanol–water partition coefficient (Wildman–Crippen LogP) is 0.954. The van der Waals surface area contributed by atoms with E-state index in [1.165, 1.54) is 43.9 Å². The number of thiazole rings is 2. The average Bonchev–Trinajstić information content (AvgIpc) is 3.57. The highest BCUT2D eigenvalue weighted by molar-refractivity contribution is 7.25. The lowest BCUT2D eigenvalue weighted by Crippen LogP contribution is -2.69. The number of carbonyl (C=O) groups excluding carboxylic acids is 1. The number of aromatic carboxylic acids is 1. The number of carbonyl (C=O) groups is 3. The Hall–Kier alpha value is -3.25. The molecular weight excluding hydrogens is 570 g/mol. The van der Waals surface area contributed by atoms with Crippen LogP contribution in [0.4, 0.5) is 0 Å². The number of rotatable bonds is 11. The van der Waals surface area contributed by atoms with E-state index in [0.717, 1.165) is 11.3 Å². The minimum Gasteiger partial charge on any atom is -0.476 e. The summed E-state index contributed by atoms with van der Waals surface area (Å²) in [5.41, 5.74) is 0.457. The van der Waals surface area contributed by atoms with Gasteiger partial charge in [-0.1, -0.05) is 0 Å². The third-order valence-corrected chi connectivity index (χ3v) is 8.26. The largest absolute Gasteiger partial charge is 0.476 e. The third-order valence-electron chi connectivity index (χ3n) is 6.26. The maximum absolute atomic E-state index is 12.7. The highest BCUT2D eigenvalue weighted by atomic mass is 32.1. The van der Waals surface area contributed by atoms with Gasteiger partial charge in [-0.15, -0.1) is 22.7 Å². The van der Waals surface area contributed by atoms with E-state index in [9.17, 15) is 29.7 Å². The van der Waals surface area contributed by atoms with Crippen molar-refractivity contribution in [3.05, 3.63) is 29.3 Å². The highest BCUT2D eigenvalue weighted by Crippen LogP contribution is 2.39. The second-order valence-electron chi connectivity index (χ2n) is 8.89. The molecule has 0 bridgehead atoms. The van der Waals surface area contributed by atoms with E-state index in [1.54, 1.807) is 12.1 Å². The summed E-state index contributed by atoms with van der Waals surface area (Å²) >= 11 is 2.34. The molecule has 0 saturated carbocycles. The van der Waals surface area contributed by atoms with Crippen LogP contribution in [-0.4, -0.2) is 105 Å². The minimum atomic E-state index is -2.33. The number of nitrogens with zero attached hydrogens (tertiary/aromatic N) is 2. The zero-order valence-electron chi connectivity index (χ0n) is 21.5. The molecule has 0 unspecified atom stereocenters. The quantitative estimate of drug-likeness (QED) is 0.209. The lowest BCUT2D eigenvalue weighted by molar-refractivity contribution is -0.288. The highest BCUT2D eigenvalue weighted by Gasteiger charge is 2.57. The number of benzene rings is 1. The Labute approximate surface area is 235 Å². The summed E-state index contributed by atoms with van der Waals surface area (Å²) in [6.07, 6.45) is -5.35. The molecule has 4 rings (SSSR count). The second kappa shape index (κ2) is 12.1. The second-order valence-corrected chi connectivity index (χ2v) is 10.8. The number of hydrogen-bond acceptors (Lipinski definition) is 13. The van der Waals surface area contributed by atoms with Gasteiger partial charge >= 0.3 is 17.7 Å². The normalized spacial score (nSPS) is 24.4. The molecule has 3 heterocycles. The number of aliphatic carboxylic acids is 1. The van der Waals surface area contributed by atoms with Gasteiger partial charge in [0.2, 0.25) is 5.91 Å². The van der Waals surface area contributed by atoms with Crippen LogP contribution in [0, 0.1) is 0 Å². The molecule has 1 aliphatic rings. The molecule has 40 heavy (non-hydrogen) atoms. The Morgan fingerprint density at radius 1 is 1.23 bits per heavy atom. The summed E-state index contributed by atoms with van der Waals surface area (Å²) < 4.78 is 23.4. The molecule has 14 nitrogen and oxygen atoms in total. The zero-order valence-corrected chi connectivity index (χ0v) is 23.1. The Morgan fingerprint density at radius 3 is 2.55 bits per heavy atom. The molecule has 0 radical (unpaired) electrons. The summed E-state index contributed by atoms with van der Waals surface area (Å²) in [7, 11) is 2.58. The summed E-state index contributed by atoms with van der Waals surface area (Å²) in [4.78, 5) is 44.4. The maximum Gasteiger partial charge on any atom is 0.377 e. The number of aliphatic hydroxyl groups excluding tert-OH is 2. The molecule has 1 aromatic carbocycles. The number of fused-ring (bicyclic) bond motifs is 1. The molecule has 1 saturated heterocycles. The Morgan fingerprint density at radius 2 is 1.98 bits per heavy atom. The minimum absolute atomic E-state index is 0.0957. The molecule has 2 aromatic heterocycles. The maximum atomic E-state index is 12.7. The molecule has 6 atom stereocenters. The third kappa shape index (κ3) is 5.92. The molecule has 0 aliphatic carbocycles. The van der Waals surface area contributed by atoms with Crippen molar-refractivity contribution in [2.45, 2.75) is 49.6 Å². The molecular formula is C24H27N3O11S2. The molecule has 0 spiro atoms. The van der Waals surface area contributed by atoms with Gasteiger partial charge in [-0.05, 0) is 18.2 Å². The van der Waals surface area contributed by atoms with Crippen LogP contribution in [0.2, 0.25) is 0 Å². The SMILES string of the molecule is CO[C@@H]([C@@H]1O[C@@](Oc2ccc3nc(-c4nc(C(=O)O)cs4)sc3c2)(C(=O)O)C[C@H](OC)[C@H]1NC(C)=O)[C@H](O)CO. The lowest BCUT2D eigenvalue weighted by atomic mass is 9.88. The number of amides is 1. The van der Waals surface area contributed by atoms with Crippen LogP contribution in [0.1, 0.15) is 23.8 Å². The average molecular weight is 598 g/mol. The standard InChI is InChI=1S/C24H27N3O11S2/c1-10(29)25-17-15(35-2)7-24(23(33)34,38-19(17)18(36-3)14(30)8-28)37-11-4-5-12-16(6-11)40-21(26-12)20-27-13(9-39-20)22(31)32/h4-6,9,14-15,17-19,28,30H,7-8H2,1-3H3,(H,25,29)(H,31,32)(H,33,34)/t14-,15+,17-,18-,19-,24-/m1/s1. The van der Waals surface area contributed by atoms with E-state index in [1.807, 2.05) is 0 Å². The van der Waals surface area contributed by atoms with Crippen LogP contribution >= 0.6 is 22.7 Å². The molecule has 3 aromatic rings. The van der Waals surface area contributed by atoms with E-state index in [-0.39, 0.29) is 17.9 Å². The Balaban J connectivity index is 1.70. The Bertz CT molecular complexity index is 1400. The number of hydrogen-bond donors (Lipinski definition) is 5. The van der Waals surface area contributed by atoms with Gasteiger partial charge in [-0.3, -0.25) is 4.79 Å². The lowest BCUT2D eigenvalue weighted by Gasteiger charge is -2.48. The molecule has 1 amide bonds. The van der Waals surface area contributed by atoms with E-state index < -0.39 is 60.7 Å². The predicted molar refractivity (Wildman–Crippen MR) is 140 cm³/mol. The molecule has 1 fully saturated rings. The van der Waals surface area contributed by atoms with E-state index in [0.29, 0.717) is 20.2 Å². The first-order valence-corrected chi connectivity index (χ1v) is 13.5. The van der Waals surface area contributed by atoms with Crippen LogP contribution < -0.4 is 10.1 Å². The fourth-order valence-corrected chi connectivity index (χ4v) is 6.26. The van der Waals surface area contributed by atoms with Gasteiger partial charge in [0.1, 0.15) is 24.1 Å². The molecule has 16 heteroatoms. The molecule has 216 valence electrons. The Kier molecular flexibility index (Phi) is 8.99. The summed E-state index contributed by atoms with van der Waals surface area (Å²) in [6.45, 7) is 0.539. The van der Waals surface area contributed by atoms with Crippen molar-refractivity contribution in [3.63, 3.8) is 0 Å². The van der Waals surface area contributed by atoms with Gasteiger partial charge in [-0.25, -0.2) is 19.6 Å². The van der Waals surface area contributed by atoms with E-state index in [4.69, 9.17) is 24.1 Å². The fourth-order valence-electron chi connectivity index (χ4n) is 4.44. The van der Waals surface area contributed by atoms with Crippen molar-refractivity contribution in [1.29, 1.82) is 0 Å². The van der Waals surface area contributed by atoms with Crippen LogP contribution in [-0.2, 0) is 23.8 Å². The number of aliphatic hydroxyl groups is 2. The number of nitrogens with one attached hydrogen (secondary N) is 1. The van der Waals surface area contributed by atoms with Crippen molar-refractivity contribution >= 4 is 50.7 Å². The van der Waals surface area contributed by atoms with E-state index in [2.05, 4.69) is 15.3 Å². The summed E-state index contributed by atoms with van der Waals surface area (Å²) in [5.74, 6) is -5.33. The number of ether oxygens (including phenoxy) is 4. The monoisotopic (exact) mass is 597 g/mol. The zero-order chi connectivity index (χ0) is 29.2. The van der Waals surface area contributed by atoms with Crippen molar-refractivity contribution in [2.75, 3.05) is 20.8 Å². The van der Waals surface area contributed by atoms with Gasteiger partial charge in [0.25, 0.3) is 0 Å². The number of methoxy groups -OCH3 is 2.